The van der Waals surface area contributed by atoms with Gasteiger partial charge in [0, 0.05) is 11.2 Å². The van der Waals surface area contributed by atoms with E-state index in [1.165, 1.54) is 0 Å². The minimum Gasteiger partial charge on any atom is -0.254 e. The van der Waals surface area contributed by atoms with Crippen molar-refractivity contribution in [2.75, 3.05) is 0 Å². The predicted molar refractivity (Wildman–Crippen MR) is 59.7 cm³/mol. The van der Waals surface area contributed by atoms with Gasteiger partial charge >= 0.3 is 0 Å². The van der Waals surface area contributed by atoms with E-state index in [4.69, 9.17) is 6.42 Å². The molecule has 0 amide bonds. The number of unbranched alkanes of at least 4 members (excludes halogenated alkanes) is 2. The lowest BCUT2D eigenvalue weighted by atomic mass is 10.2. The normalized spacial score (nSPS) is 14.3. The minimum atomic E-state index is -0.875. The van der Waals surface area contributed by atoms with E-state index in [9.17, 15) is 4.21 Å². The maximum absolute atomic E-state index is 11.5. The van der Waals surface area contributed by atoms with Crippen molar-refractivity contribution in [3.63, 3.8) is 0 Å². The van der Waals surface area contributed by atoms with Crippen LogP contribution in [0.25, 0.3) is 0 Å². The van der Waals surface area contributed by atoms with Crippen molar-refractivity contribution in [1.29, 1.82) is 0 Å². The molecule has 0 bridgehead atoms. The van der Waals surface area contributed by atoms with Crippen molar-refractivity contribution in [2.45, 2.75) is 44.8 Å². The van der Waals surface area contributed by atoms with Gasteiger partial charge in [-0.25, -0.2) is 0 Å². The van der Waals surface area contributed by atoms with Crippen LogP contribution in [0.2, 0.25) is 0 Å². The highest BCUT2D eigenvalue weighted by Gasteiger charge is 2.15. The molecule has 13 heavy (non-hydrogen) atoms. The first kappa shape index (κ1) is 12.4. The minimum absolute atomic E-state index is 0.150. The SMILES string of the molecule is C#CCCC/C=C/S(=O)C(C)(C)C. The second-order valence-electron chi connectivity index (χ2n) is 3.88. The van der Waals surface area contributed by atoms with Crippen LogP contribution in [0, 0.1) is 12.3 Å². The Kier molecular flexibility index (Phi) is 5.73. The van der Waals surface area contributed by atoms with E-state index in [0.29, 0.717) is 0 Å². The highest BCUT2D eigenvalue weighted by Crippen LogP contribution is 2.12. The van der Waals surface area contributed by atoms with Crippen molar-refractivity contribution in [1.82, 2.24) is 0 Å². The molecule has 0 fully saturated rings. The molecule has 0 aromatic rings. The predicted octanol–water partition coefficient (Wildman–Crippen LogP) is 2.85. The molecule has 1 atom stereocenters. The van der Waals surface area contributed by atoms with Crippen LogP contribution in [-0.4, -0.2) is 8.96 Å². The molecule has 0 rings (SSSR count). The third-order valence-corrected chi connectivity index (χ3v) is 3.16. The van der Waals surface area contributed by atoms with E-state index < -0.39 is 10.8 Å². The summed E-state index contributed by atoms with van der Waals surface area (Å²) < 4.78 is 11.3. The highest BCUT2D eigenvalue weighted by atomic mass is 32.2. The summed E-state index contributed by atoms with van der Waals surface area (Å²) in [5.74, 6) is 2.58. The van der Waals surface area contributed by atoms with E-state index in [0.717, 1.165) is 19.3 Å². The summed E-state index contributed by atoms with van der Waals surface area (Å²) in [6.07, 6.45) is 9.76. The fourth-order valence-corrected chi connectivity index (χ4v) is 1.40. The molecular formula is C11H18OS. The van der Waals surface area contributed by atoms with Gasteiger partial charge in [0.1, 0.15) is 0 Å². The van der Waals surface area contributed by atoms with Gasteiger partial charge in [-0.3, -0.25) is 4.21 Å². The maximum Gasteiger partial charge on any atom is 0.0506 e. The smallest absolute Gasteiger partial charge is 0.0506 e. The fraction of sp³-hybridized carbons (Fsp3) is 0.636. The summed E-state index contributed by atoms with van der Waals surface area (Å²) >= 11 is 0. The summed E-state index contributed by atoms with van der Waals surface area (Å²) in [4.78, 5) is 0. The van der Waals surface area contributed by atoms with Crippen molar-refractivity contribution in [3.05, 3.63) is 11.5 Å². The van der Waals surface area contributed by atoms with Crippen LogP contribution >= 0.6 is 0 Å². The van der Waals surface area contributed by atoms with Gasteiger partial charge in [0.15, 0.2) is 0 Å². The van der Waals surface area contributed by atoms with Crippen LogP contribution in [-0.2, 0) is 10.8 Å². The maximum atomic E-state index is 11.5. The average molecular weight is 198 g/mol. The zero-order valence-electron chi connectivity index (χ0n) is 8.67. The van der Waals surface area contributed by atoms with Gasteiger partial charge in [-0.2, -0.15) is 0 Å². The fourth-order valence-electron chi connectivity index (χ4n) is 0.682. The Morgan fingerprint density at radius 2 is 2.08 bits per heavy atom. The molecule has 0 aromatic heterocycles. The van der Waals surface area contributed by atoms with Crippen LogP contribution < -0.4 is 0 Å². The van der Waals surface area contributed by atoms with E-state index in [1.54, 1.807) is 5.41 Å². The molecule has 0 saturated heterocycles. The van der Waals surface area contributed by atoms with Gasteiger partial charge in [-0.05, 0) is 39.0 Å². The molecule has 0 spiro atoms. The van der Waals surface area contributed by atoms with Crippen LogP contribution in [0.3, 0.4) is 0 Å². The zero-order valence-corrected chi connectivity index (χ0v) is 9.49. The Hall–Kier alpha value is -0.550. The second-order valence-corrected chi connectivity index (χ2v) is 5.97. The number of rotatable bonds is 4. The van der Waals surface area contributed by atoms with Crippen molar-refractivity contribution < 1.29 is 4.21 Å². The van der Waals surface area contributed by atoms with Gasteiger partial charge in [-0.15, -0.1) is 12.3 Å². The summed E-state index contributed by atoms with van der Waals surface area (Å²) in [6.45, 7) is 5.90. The molecule has 0 aliphatic carbocycles. The molecule has 0 heterocycles. The molecule has 1 nitrogen and oxygen atoms in total. The molecule has 0 radical (unpaired) electrons. The summed E-state index contributed by atoms with van der Waals surface area (Å²) in [5, 5.41) is 1.77. The largest absolute Gasteiger partial charge is 0.254 e. The average Bonchev–Trinajstić information content (AvgIpc) is 2.02. The van der Waals surface area contributed by atoms with Gasteiger partial charge < -0.3 is 0 Å². The molecule has 0 saturated carbocycles. The van der Waals surface area contributed by atoms with E-state index in [1.807, 2.05) is 26.8 Å². The lowest BCUT2D eigenvalue weighted by molar-refractivity contribution is 0.656. The number of hydrogen-bond donors (Lipinski definition) is 0. The van der Waals surface area contributed by atoms with Crippen LogP contribution in [0.5, 0.6) is 0 Å². The lowest BCUT2D eigenvalue weighted by Gasteiger charge is -2.13. The monoisotopic (exact) mass is 198 g/mol. The van der Waals surface area contributed by atoms with Crippen molar-refractivity contribution >= 4 is 10.8 Å². The zero-order chi connectivity index (χ0) is 10.3. The Morgan fingerprint density at radius 3 is 2.54 bits per heavy atom. The van der Waals surface area contributed by atoms with E-state index >= 15 is 0 Å². The van der Waals surface area contributed by atoms with Gasteiger partial charge in [0.25, 0.3) is 0 Å². The molecule has 1 unspecified atom stereocenters. The third kappa shape index (κ3) is 6.60. The first-order valence-electron chi connectivity index (χ1n) is 4.49. The first-order valence-corrected chi connectivity index (χ1v) is 5.70. The Balaban J connectivity index is 3.75. The summed E-state index contributed by atoms with van der Waals surface area (Å²) in [5.41, 5.74) is 0. The molecule has 0 aromatic carbocycles. The number of allylic oxidation sites excluding steroid dienone is 1. The van der Waals surface area contributed by atoms with E-state index in [-0.39, 0.29) is 4.75 Å². The Labute approximate surface area is 84.1 Å². The van der Waals surface area contributed by atoms with Gasteiger partial charge in [0.05, 0.1) is 10.8 Å². The van der Waals surface area contributed by atoms with Crippen molar-refractivity contribution in [2.24, 2.45) is 0 Å². The van der Waals surface area contributed by atoms with Gasteiger partial charge in [0.2, 0.25) is 0 Å². The summed E-state index contributed by atoms with van der Waals surface area (Å²) in [7, 11) is -0.875. The molecule has 2 heteroatoms. The number of hydrogen-bond acceptors (Lipinski definition) is 1. The Bertz CT molecular complexity index is 227. The van der Waals surface area contributed by atoms with Crippen molar-refractivity contribution in [3.8, 4) is 12.3 Å². The van der Waals surface area contributed by atoms with Gasteiger partial charge in [-0.1, -0.05) is 6.08 Å². The quantitative estimate of drug-likeness (QED) is 0.501. The molecule has 74 valence electrons. The second kappa shape index (κ2) is 5.99. The van der Waals surface area contributed by atoms with E-state index in [2.05, 4.69) is 5.92 Å². The standard InChI is InChI=1S/C11H18OS/c1-5-6-7-8-9-10-13(12)11(2,3)4/h1,9-10H,6-8H2,2-4H3/b10-9+. The topological polar surface area (TPSA) is 17.1 Å². The lowest BCUT2D eigenvalue weighted by Crippen LogP contribution is -2.19. The van der Waals surface area contributed by atoms with Crippen LogP contribution in [0.15, 0.2) is 11.5 Å². The highest BCUT2D eigenvalue weighted by molar-refractivity contribution is 7.89. The number of terminal acetylenes is 1. The molecular weight excluding hydrogens is 180 g/mol. The first-order chi connectivity index (χ1) is 5.98. The van der Waals surface area contributed by atoms with Crippen LogP contribution in [0.4, 0.5) is 0 Å². The summed E-state index contributed by atoms with van der Waals surface area (Å²) in [6, 6.07) is 0. The van der Waals surface area contributed by atoms with Crippen LogP contribution in [0.1, 0.15) is 40.0 Å². The molecule has 0 aliphatic rings. The Morgan fingerprint density at radius 1 is 1.46 bits per heavy atom. The molecule has 0 N–H and O–H groups in total. The molecule has 0 aliphatic heterocycles. The third-order valence-electron chi connectivity index (χ3n) is 1.52.